The van der Waals surface area contributed by atoms with Crippen molar-refractivity contribution in [3.05, 3.63) is 36.0 Å². The Balaban J connectivity index is 2.32. The molecule has 19 heavy (non-hydrogen) atoms. The van der Waals surface area contributed by atoms with Crippen LogP contribution in [0.3, 0.4) is 0 Å². The highest BCUT2D eigenvalue weighted by molar-refractivity contribution is 6.00. The summed E-state index contributed by atoms with van der Waals surface area (Å²) in [5.41, 5.74) is 5.82. The Bertz CT molecular complexity index is 608. The molecule has 0 spiro atoms. The number of ether oxygens (including phenoxy) is 1. The van der Waals surface area contributed by atoms with Crippen LogP contribution in [0.15, 0.2) is 24.8 Å². The van der Waals surface area contributed by atoms with Crippen molar-refractivity contribution in [1.82, 2.24) is 19.7 Å². The van der Waals surface area contributed by atoms with E-state index in [2.05, 4.69) is 15.1 Å². The number of aromatic nitrogens is 4. The van der Waals surface area contributed by atoms with Crippen LogP contribution >= 0.6 is 0 Å². The molecule has 0 aliphatic carbocycles. The van der Waals surface area contributed by atoms with Crippen LogP contribution in [0.4, 0.5) is 5.82 Å². The minimum absolute atomic E-state index is 0.0408. The van der Waals surface area contributed by atoms with Gasteiger partial charge in [0.15, 0.2) is 0 Å². The summed E-state index contributed by atoms with van der Waals surface area (Å²) in [6.45, 7) is 1.88. The van der Waals surface area contributed by atoms with Crippen molar-refractivity contribution in [2.75, 3.05) is 12.3 Å². The molecule has 0 radical (unpaired) electrons. The number of rotatable bonds is 3. The highest BCUT2D eigenvalue weighted by Crippen LogP contribution is 2.13. The molecule has 0 unspecified atom stereocenters. The van der Waals surface area contributed by atoms with Gasteiger partial charge in [-0.2, -0.15) is 9.78 Å². The highest BCUT2D eigenvalue weighted by atomic mass is 16.5. The second kappa shape index (κ2) is 5.25. The van der Waals surface area contributed by atoms with Crippen LogP contribution < -0.4 is 5.73 Å². The number of hydrogen-bond donors (Lipinski definition) is 1. The van der Waals surface area contributed by atoms with Gasteiger partial charge in [0.25, 0.3) is 5.91 Å². The van der Waals surface area contributed by atoms with Crippen LogP contribution in [0, 0.1) is 0 Å². The first kappa shape index (κ1) is 12.7. The van der Waals surface area contributed by atoms with E-state index in [1.807, 2.05) is 0 Å². The predicted octanol–water partition coefficient (Wildman–Crippen LogP) is 0.120. The number of carbonyl (C=O) groups is 2. The Labute approximate surface area is 108 Å². The van der Waals surface area contributed by atoms with E-state index in [4.69, 9.17) is 10.5 Å². The molecule has 0 amide bonds. The summed E-state index contributed by atoms with van der Waals surface area (Å²) in [6, 6.07) is 0. The summed E-state index contributed by atoms with van der Waals surface area (Å²) < 4.78 is 5.68. The molecular formula is C11H11N5O3. The zero-order valence-electron chi connectivity index (χ0n) is 10.1. The lowest BCUT2D eigenvalue weighted by Crippen LogP contribution is -2.18. The zero-order valence-corrected chi connectivity index (χ0v) is 10.1. The van der Waals surface area contributed by atoms with Crippen LogP contribution in [-0.2, 0) is 4.74 Å². The Morgan fingerprint density at radius 1 is 1.37 bits per heavy atom. The van der Waals surface area contributed by atoms with Gasteiger partial charge in [-0.3, -0.25) is 9.78 Å². The molecule has 2 aromatic heterocycles. The largest absolute Gasteiger partial charge is 0.462 e. The standard InChI is InChI=1S/C11H11N5O3/c1-2-19-11(18)7-5-15-16(9(7)12)10(17)8-6-13-3-4-14-8/h3-6H,2,12H2,1H3. The maximum atomic E-state index is 12.0. The predicted molar refractivity (Wildman–Crippen MR) is 64.4 cm³/mol. The number of hydrogen-bond acceptors (Lipinski definition) is 7. The van der Waals surface area contributed by atoms with Gasteiger partial charge in [0, 0.05) is 12.4 Å². The van der Waals surface area contributed by atoms with E-state index in [-0.39, 0.29) is 23.7 Å². The van der Waals surface area contributed by atoms with E-state index < -0.39 is 11.9 Å². The first-order valence-corrected chi connectivity index (χ1v) is 5.46. The molecule has 0 aliphatic heterocycles. The molecule has 2 N–H and O–H groups in total. The summed E-state index contributed by atoms with van der Waals surface area (Å²) in [6.07, 6.45) is 5.28. The smallest absolute Gasteiger partial charge is 0.343 e. The molecule has 0 saturated carbocycles. The highest BCUT2D eigenvalue weighted by Gasteiger charge is 2.21. The monoisotopic (exact) mass is 261 g/mol. The quantitative estimate of drug-likeness (QED) is 0.780. The first-order valence-electron chi connectivity index (χ1n) is 5.46. The third-order valence-corrected chi connectivity index (χ3v) is 2.28. The van der Waals surface area contributed by atoms with E-state index in [9.17, 15) is 9.59 Å². The van der Waals surface area contributed by atoms with Gasteiger partial charge in [-0.15, -0.1) is 0 Å². The number of nitrogens with zero attached hydrogens (tertiary/aromatic N) is 4. The molecule has 2 rings (SSSR count). The molecule has 0 saturated heterocycles. The Kier molecular flexibility index (Phi) is 3.51. The van der Waals surface area contributed by atoms with E-state index >= 15 is 0 Å². The van der Waals surface area contributed by atoms with Crippen molar-refractivity contribution in [3.8, 4) is 0 Å². The van der Waals surface area contributed by atoms with Crippen molar-refractivity contribution in [3.63, 3.8) is 0 Å². The van der Waals surface area contributed by atoms with Crippen LogP contribution in [-0.4, -0.2) is 38.2 Å². The second-order valence-electron chi connectivity index (χ2n) is 3.47. The van der Waals surface area contributed by atoms with Gasteiger partial charge < -0.3 is 10.5 Å². The van der Waals surface area contributed by atoms with Gasteiger partial charge in [0.1, 0.15) is 17.1 Å². The fourth-order valence-corrected chi connectivity index (χ4v) is 1.40. The first-order chi connectivity index (χ1) is 9.15. The van der Waals surface area contributed by atoms with Gasteiger partial charge >= 0.3 is 5.97 Å². The Morgan fingerprint density at radius 3 is 2.79 bits per heavy atom. The lowest BCUT2D eigenvalue weighted by atomic mass is 10.3. The SMILES string of the molecule is CCOC(=O)c1cnn(C(=O)c2cnccn2)c1N. The van der Waals surface area contributed by atoms with Gasteiger partial charge in [0.05, 0.1) is 19.0 Å². The molecule has 0 fully saturated rings. The van der Waals surface area contributed by atoms with Crippen molar-refractivity contribution in [2.45, 2.75) is 6.92 Å². The van der Waals surface area contributed by atoms with E-state index in [0.717, 1.165) is 4.68 Å². The van der Waals surface area contributed by atoms with Crippen LogP contribution in [0.5, 0.6) is 0 Å². The number of carbonyl (C=O) groups excluding carboxylic acids is 2. The molecule has 0 atom stereocenters. The van der Waals surface area contributed by atoms with E-state index in [1.54, 1.807) is 6.92 Å². The second-order valence-corrected chi connectivity index (χ2v) is 3.47. The third kappa shape index (κ3) is 2.41. The molecule has 0 bridgehead atoms. The van der Waals surface area contributed by atoms with Crippen LogP contribution in [0.25, 0.3) is 0 Å². The van der Waals surface area contributed by atoms with Crippen molar-refractivity contribution in [1.29, 1.82) is 0 Å². The topological polar surface area (TPSA) is 113 Å². The van der Waals surface area contributed by atoms with Gasteiger partial charge in [-0.05, 0) is 6.92 Å². The van der Waals surface area contributed by atoms with Gasteiger partial charge in [-0.1, -0.05) is 0 Å². The van der Waals surface area contributed by atoms with Crippen LogP contribution in [0.1, 0.15) is 27.8 Å². The maximum Gasteiger partial charge on any atom is 0.343 e. The van der Waals surface area contributed by atoms with E-state index in [0.29, 0.717) is 0 Å². The molecular weight excluding hydrogens is 250 g/mol. The minimum Gasteiger partial charge on any atom is -0.462 e. The third-order valence-electron chi connectivity index (χ3n) is 2.28. The number of nitrogen functional groups attached to an aromatic ring is 1. The lowest BCUT2D eigenvalue weighted by Gasteiger charge is -2.03. The number of anilines is 1. The van der Waals surface area contributed by atoms with E-state index in [1.165, 1.54) is 24.8 Å². The summed E-state index contributed by atoms with van der Waals surface area (Å²) in [5, 5.41) is 3.77. The molecule has 8 heteroatoms. The van der Waals surface area contributed by atoms with Crippen molar-refractivity contribution in [2.24, 2.45) is 0 Å². The number of nitrogens with two attached hydrogens (primary N) is 1. The summed E-state index contributed by atoms with van der Waals surface area (Å²) in [4.78, 5) is 31.2. The van der Waals surface area contributed by atoms with Crippen LogP contribution in [0.2, 0.25) is 0 Å². The molecule has 0 aliphatic rings. The average Bonchev–Trinajstić information content (AvgIpc) is 2.81. The normalized spacial score (nSPS) is 10.2. The zero-order chi connectivity index (χ0) is 13.8. The van der Waals surface area contributed by atoms with Crippen molar-refractivity contribution < 1.29 is 14.3 Å². The molecule has 98 valence electrons. The molecule has 2 heterocycles. The fourth-order valence-electron chi connectivity index (χ4n) is 1.40. The molecule has 8 nitrogen and oxygen atoms in total. The number of esters is 1. The average molecular weight is 261 g/mol. The van der Waals surface area contributed by atoms with Crippen molar-refractivity contribution >= 4 is 17.7 Å². The molecule has 0 aromatic carbocycles. The fraction of sp³-hybridized carbons (Fsp3) is 0.182. The Morgan fingerprint density at radius 2 is 2.16 bits per heavy atom. The maximum absolute atomic E-state index is 12.0. The summed E-state index contributed by atoms with van der Waals surface area (Å²) in [5.74, 6) is -1.28. The summed E-state index contributed by atoms with van der Waals surface area (Å²) >= 11 is 0. The summed E-state index contributed by atoms with van der Waals surface area (Å²) in [7, 11) is 0. The lowest BCUT2D eigenvalue weighted by molar-refractivity contribution is 0.0527. The Hall–Kier alpha value is -2.77. The van der Waals surface area contributed by atoms with Gasteiger partial charge in [0.2, 0.25) is 0 Å². The minimum atomic E-state index is -0.627. The van der Waals surface area contributed by atoms with Gasteiger partial charge in [-0.25, -0.2) is 9.78 Å². The molecule has 2 aromatic rings.